The van der Waals surface area contributed by atoms with E-state index in [0.29, 0.717) is 18.6 Å². The smallest absolute Gasteiger partial charge is 0.238 e. The predicted molar refractivity (Wildman–Crippen MR) is 101 cm³/mol. The van der Waals surface area contributed by atoms with E-state index in [1.54, 1.807) is 19.2 Å². The second-order valence-corrected chi connectivity index (χ2v) is 8.22. The van der Waals surface area contributed by atoms with Crippen molar-refractivity contribution in [1.29, 1.82) is 0 Å². The van der Waals surface area contributed by atoms with Crippen molar-refractivity contribution in [2.75, 3.05) is 20.1 Å². The quantitative estimate of drug-likeness (QED) is 0.530. The number of likely N-dealkylation sites (tertiary alicyclic amines) is 1. The van der Waals surface area contributed by atoms with E-state index in [2.05, 4.69) is 34.4 Å². The molecule has 1 aromatic rings. The molecule has 7 nitrogen and oxygen atoms in total. The zero-order valence-electron chi connectivity index (χ0n) is 15.2. The van der Waals surface area contributed by atoms with E-state index in [-0.39, 0.29) is 4.90 Å². The van der Waals surface area contributed by atoms with Crippen molar-refractivity contribution < 1.29 is 8.42 Å². The largest absolute Gasteiger partial charge is 0.354 e. The summed E-state index contributed by atoms with van der Waals surface area (Å²) >= 11 is 0. The molecule has 1 aliphatic heterocycles. The highest BCUT2D eigenvalue weighted by Gasteiger charge is 2.21. The molecule has 0 unspecified atom stereocenters. The lowest BCUT2D eigenvalue weighted by molar-refractivity contribution is 0.167. The van der Waals surface area contributed by atoms with Gasteiger partial charge >= 0.3 is 0 Å². The number of nitrogens with zero attached hydrogens (tertiary/aromatic N) is 2. The van der Waals surface area contributed by atoms with Crippen LogP contribution in [0.4, 0.5) is 0 Å². The summed E-state index contributed by atoms with van der Waals surface area (Å²) in [7, 11) is -1.89. The van der Waals surface area contributed by atoms with Crippen LogP contribution in [0, 0.1) is 0 Å². The minimum Gasteiger partial charge on any atom is -0.354 e. The van der Waals surface area contributed by atoms with Gasteiger partial charge in [0.2, 0.25) is 10.0 Å². The molecule has 0 spiro atoms. The number of sulfonamides is 1. The molecule has 0 aromatic heterocycles. The van der Waals surface area contributed by atoms with Crippen molar-refractivity contribution in [3.8, 4) is 0 Å². The third-order valence-electron chi connectivity index (χ3n) is 4.54. The second kappa shape index (κ2) is 8.64. The van der Waals surface area contributed by atoms with Crippen LogP contribution in [-0.4, -0.2) is 51.5 Å². The summed E-state index contributed by atoms with van der Waals surface area (Å²) in [5.41, 5.74) is 0.963. The SMILES string of the molecule is CN=C(NCc1ccc(S(N)(=O)=O)cc1)NC1CCN(C(C)C)CC1. The van der Waals surface area contributed by atoms with Crippen LogP contribution < -0.4 is 15.8 Å². The van der Waals surface area contributed by atoms with Crippen molar-refractivity contribution in [3.05, 3.63) is 29.8 Å². The van der Waals surface area contributed by atoms with E-state index in [9.17, 15) is 8.42 Å². The molecule has 0 atom stereocenters. The van der Waals surface area contributed by atoms with Crippen molar-refractivity contribution in [2.24, 2.45) is 10.1 Å². The Labute approximate surface area is 150 Å². The highest BCUT2D eigenvalue weighted by molar-refractivity contribution is 7.89. The maximum absolute atomic E-state index is 11.3. The van der Waals surface area contributed by atoms with Gasteiger partial charge in [-0.05, 0) is 44.4 Å². The minimum absolute atomic E-state index is 0.121. The average molecular weight is 368 g/mol. The van der Waals surface area contributed by atoms with Crippen LogP contribution in [0.25, 0.3) is 0 Å². The molecule has 1 fully saturated rings. The van der Waals surface area contributed by atoms with Gasteiger partial charge < -0.3 is 15.5 Å². The lowest BCUT2D eigenvalue weighted by Gasteiger charge is -2.35. The molecule has 0 radical (unpaired) electrons. The van der Waals surface area contributed by atoms with Crippen LogP contribution in [-0.2, 0) is 16.6 Å². The third-order valence-corrected chi connectivity index (χ3v) is 5.47. The summed E-state index contributed by atoms with van der Waals surface area (Å²) in [6.45, 7) is 7.23. The molecule has 4 N–H and O–H groups in total. The topological polar surface area (TPSA) is 99.8 Å². The van der Waals surface area contributed by atoms with Gasteiger partial charge in [0.25, 0.3) is 0 Å². The molecular formula is C17H29N5O2S. The van der Waals surface area contributed by atoms with Gasteiger partial charge in [-0.2, -0.15) is 0 Å². The molecule has 8 heteroatoms. The molecule has 0 aliphatic carbocycles. The van der Waals surface area contributed by atoms with Gasteiger partial charge in [0.1, 0.15) is 0 Å². The monoisotopic (exact) mass is 367 g/mol. The third kappa shape index (κ3) is 5.98. The van der Waals surface area contributed by atoms with Gasteiger partial charge in [0.05, 0.1) is 4.90 Å². The van der Waals surface area contributed by atoms with Crippen LogP contribution in [0.15, 0.2) is 34.2 Å². The number of nitrogens with two attached hydrogens (primary N) is 1. The fourth-order valence-electron chi connectivity index (χ4n) is 2.93. The Kier molecular flexibility index (Phi) is 6.80. The lowest BCUT2D eigenvalue weighted by atomic mass is 10.0. The number of piperidine rings is 1. The van der Waals surface area contributed by atoms with E-state index in [4.69, 9.17) is 5.14 Å². The fraction of sp³-hybridized carbons (Fsp3) is 0.588. The predicted octanol–water partition coefficient (Wildman–Crippen LogP) is 0.872. The summed E-state index contributed by atoms with van der Waals surface area (Å²) < 4.78 is 22.5. The molecule has 2 rings (SSSR count). The summed E-state index contributed by atoms with van der Waals surface area (Å²) in [6, 6.07) is 7.56. The Morgan fingerprint density at radius 2 is 1.88 bits per heavy atom. The number of primary sulfonamides is 1. The Bertz CT molecular complexity index is 677. The number of benzene rings is 1. The minimum atomic E-state index is -3.65. The summed E-state index contributed by atoms with van der Waals surface area (Å²) in [6.07, 6.45) is 2.20. The summed E-state index contributed by atoms with van der Waals surface area (Å²) in [5.74, 6) is 0.763. The van der Waals surface area contributed by atoms with E-state index in [1.165, 1.54) is 12.1 Å². The number of nitrogens with one attached hydrogen (secondary N) is 2. The van der Waals surface area contributed by atoms with Crippen molar-refractivity contribution >= 4 is 16.0 Å². The highest BCUT2D eigenvalue weighted by Crippen LogP contribution is 2.13. The Balaban J connectivity index is 1.83. The molecule has 1 aromatic carbocycles. The number of hydrogen-bond donors (Lipinski definition) is 3. The molecule has 0 saturated carbocycles. The number of hydrogen-bond acceptors (Lipinski definition) is 4. The van der Waals surface area contributed by atoms with Crippen molar-refractivity contribution in [2.45, 2.75) is 50.2 Å². The maximum Gasteiger partial charge on any atom is 0.238 e. The van der Waals surface area contributed by atoms with Gasteiger partial charge in [0, 0.05) is 38.8 Å². The van der Waals surface area contributed by atoms with E-state index >= 15 is 0 Å². The first-order chi connectivity index (χ1) is 11.8. The van der Waals surface area contributed by atoms with Gasteiger partial charge in [-0.3, -0.25) is 4.99 Å². The van der Waals surface area contributed by atoms with E-state index < -0.39 is 10.0 Å². The van der Waals surface area contributed by atoms with Crippen LogP contribution in [0.5, 0.6) is 0 Å². The standard InChI is InChI=1S/C17H29N5O2S/c1-13(2)22-10-8-15(9-11-22)21-17(19-3)20-12-14-4-6-16(7-5-14)25(18,23)24/h4-7,13,15H,8-12H2,1-3H3,(H2,18,23,24)(H2,19,20,21). The fourth-order valence-corrected chi connectivity index (χ4v) is 3.45. The van der Waals surface area contributed by atoms with Crippen molar-refractivity contribution in [3.63, 3.8) is 0 Å². The zero-order valence-corrected chi connectivity index (χ0v) is 16.0. The molecule has 25 heavy (non-hydrogen) atoms. The first-order valence-corrected chi connectivity index (χ1v) is 10.2. The number of rotatable bonds is 5. The zero-order chi connectivity index (χ0) is 18.4. The Morgan fingerprint density at radius 1 is 1.28 bits per heavy atom. The van der Waals surface area contributed by atoms with E-state index in [0.717, 1.165) is 37.5 Å². The molecular weight excluding hydrogens is 338 g/mol. The molecule has 0 bridgehead atoms. The van der Waals surface area contributed by atoms with Gasteiger partial charge in [-0.1, -0.05) is 12.1 Å². The Hall–Kier alpha value is -1.64. The lowest BCUT2D eigenvalue weighted by Crippen LogP contribution is -2.49. The highest BCUT2D eigenvalue weighted by atomic mass is 32.2. The van der Waals surface area contributed by atoms with Crippen LogP contribution in [0.2, 0.25) is 0 Å². The first kappa shape index (κ1) is 19.7. The normalized spacial score (nSPS) is 17.7. The molecule has 0 amide bonds. The molecule has 140 valence electrons. The molecule has 1 saturated heterocycles. The van der Waals surface area contributed by atoms with Crippen LogP contribution in [0.3, 0.4) is 0 Å². The molecule has 1 heterocycles. The Morgan fingerprint density at radius 3 is 2.36 bits per heavy atom. The maximum atomic E-state index is 11.3. The first-order valence-electron chi connectivity index (χ1n) is 8.62. The van der Waals surface area contributed by atoms with Crippen LogP contribution >= 0.6 is 0 Å². The number of guanidine groups is 1. The molecule has 1 aliphatic rings. The van der Waals surface area contributed by atoms with Crippen molar-refractivity contribution in [1.82, 2.24) is 15.5 Å². The van der Waals surface area contributed by atoms with Gasteiger partial charge in [-0.25, -0.2) is 13.6 Å². The summed E-state index contributed by atoms with van der Waals surface area (Å²) in [5, 5.41) is 11.8. The number of aliphatic imine (C=N–C) groups is 1. The summed E-state index contributed by atoms with van der Waals surface area (Å²) in [4.78, 5) is 6.88. The van der Waals surface area contributed by atoms with E-state index in [1.807, 2.05) is 0 Å². The second-order valence-electron chi connectivity index (χ2n) is 6.66. The van der Waals surface area contributed by atoms with Gasteiger partial charge in [-0.15, -0.1) is 0 Å². The van der Waals surface area contributed by atoms with Crippen LogP contribution in [0.1, 0.15) is 32.3 Å². The average Bonchev–Trinajstić information content (AvgIpc) is 2.58. The van der Waals surface area contributed by atoms with Gasteiger partial charge in [0.15, 0.2) is 5.96 Å².